The van der Waals surface area contributed by atoms with Crippen molar-refractivity contribution >= 4 is 16.5 Å². The molecule has 1 heterocycles. The molecule has 0 unspecified atom stereocenters. The summed E-state index contributed by atoms with van der Waals surface area (Å²) in [4.78, 5) is 8.40. The predicted octanol–water partition coefficient (Wildman–Crippen LogP) is 3.57. The van der Waals surface area contributed by atoms with E-state index in [1.165, 1.54) is 4.88 Å². The topological polar surface area (TPSA) is 28.2 Å². The molecule has 0 aromatic carbocycles. The van der Waals surface area contributed by atoms with Gasteiger partial charge in [-0.1, -0.05) is 0 Å². The van der Waals surface area contributed by atoms with Crippen molar-refractivity contribution in [2.45, 2.75) is 66.6 Å². The van der Waals surface area contributed by atoms with Crippen LogP contribution < -0.4 is 10.2 Å². The Kier molecular flexibility index (Phi) is 5.17. The summed E-state index contributed by atoms with van der Waals surface area (Å²) >= 11 is 1.81. The van der Waals surface area contributed by atoms with Gasteiger partial charge < -0.3 is 10.2 Å². The lowest BCUT2D eigenvalue weighted by molar-refractivity contribution is 0.425. The monoisotopic (exact) mass is 269 g/mol. The van der Waals surface area contributed by atoms with Crippen molar-refractivity contribution < 1.29 is 0 Å². The van der Waals surface area contributed by atoms with Gasteiger partial charge in [0, 0.05) is 29.5 Å². The Balaban J connectivity index is 2.81. The first-order chi connectivity index (χ1) is 8.24. The molecule has 4 heteroatoms. The van der Waals surface area contributed by atoms with E-state index in [4.69, 9.17) is 4.98 Å². The van der Waals surface area contributed by atoms with E-state index >= 15 is 0 Å². The summed E-state index contributed by atoms with van der Waals surface area (Å²) in [6.45, 7) is 17.2. The zero-order valence-corrected chi connectivity index (χ0v) is 13.6. The van der Waals surface area contributed by atoms with Gasteiger partial charge in [-0.05, 0) is 48.5 Å². The molecule has 1 rings (SSSR count). The third-order valence-corrected chi connectivity index (χ3v) is 4.06. The van der Waals surface area contributed by atoms with Crippen LogP contribution in [0.4, 0.5) is 5.13 Å². The first kappa shape index (κ1) is 15.4. The van der Waals surface area contributed by atoms with Crippen LogP contribution in [0, 0.1) is 6.92 Å². The van der Waals surface area contributed by atoms with E-state index in [-0.39, 0.29) is 5.54 Å². The Morgan fingerprint density at radius 1 is 1.33 bits per heavy atom. The zero-order chi connectivity index (χ0) is 13.9. The van der Waals surface area contributed by atoms with Gasteiger partial charge in [-0.25, -0.2) is 4.98 Å². The summed E-state index contributed by atoms with van der Waals surface area (Å²) in [5, 5.41) is 4.68. The lowest BCUT2D eigenvalue weighted by Gasteiger charge is -2.24. The number of aryl methyl sites for hydroxylation is 1. The molecule has 0 saturated heterocycles. The van der Waals surface area contributed by atoms with Gasteiger partial charge in [0.25, 0.3) is 0 Å². The Bertz CT molecular complexity index is 377. The van der Waals surface area contributed by atoms with Crippen LogP contribution in [0.2, 0.25) is 0 Å². The van der Waals surface area contributed by atoms with Gasteiger partial charge in [-0.3, -0.25) is 0 Å². The van der Waals surface area contributed by atoms with Crippen LogP contribution in [-0.2, 0) is 6.54 Å². The minimum atomic E-state index is 0.152. The Morgan fingerprint density at radius 2 is 1.94 bits per heavy atom. The van der Waals surface area contributed by atoms with Crippen molar-refractivity contribution in [1.82, 2.24) is 10.3 Å². The van der Waals surface area contributed by atoms with E-state index in [0.717, 1.165) is 23.9 Å². The summed E-state index contributed by atoms with van der Waals surface area (Å²) in [6.07, 6.45) is 0. The molecule has 0 aliphatic rings. The van der Waals surface area contributed by atoms with Crippen molar-refractivity contribution in [1.29, 1.82) is 0 Å². The van der Waals surface area contributed by atoms with Crippen LogP contribution in [0.15, 0.2) is 0 Å². The quantitative estimate of drug-likeness (QED) is 0.885. The normalized spacial score (nSPS) is 12.2. The maximum absolute atomic E-state index is 4.71. The Labute approximate surface area is 116 Å². The molecule has 1 aromatic rings. The predicted molar refractivity (Wildman–Crippen MR) is 81.6 cm³/mol. The fourth-order valence-corrected chi connectivity index (χ4v) is 2.96. The van der Waals surface area contributed by atoms with E-state index in [2.05, 4.69) is 58.7 Å². The van der Waals surface area contributed by atoms with E-state index in [0.29, 0.717) is 6.04 Å². The molecular formula is C14H27N3S. The van der Waals surface area contributed by atoms with Crippen LogP contribution in [0.3, 0.4) is 0 Å². The standard InChI is InChI=1S/C14H27N3S/c1-8-17(10(2)3)13-16-11(4)12(18-13)9-15-14(5,6)7/h10,15H,8-9H2,1-7H3. The van der Waals surface area contributed by atoms with Crippen molar-refractivity contribution in [3.05, 3.63) is 10.6 Å². The molecule has 0 radical (unpaired) electrons. The summed E-state index contributed by atoms with van der Waals surface area (Å²) in [7, 11) is 0. The van der Waals surface area contributed by atoms with Crippen LogP contribution in [0.1, 0.15) is 52.1 Å². The minimum Gasteiger partial charge on any atom is -0.346 e. The van der Waals surface area contributed by atoms with Crippen LogP contribution >= 0.6 is 11.3 Å². The van der Waals surface area contributed by atoms with E-state index in [9.17, 15) is 0 Å². The van der Waals surface area contributed by atoms with Crippen LogP contribution in [0.25, 0.3) is 0 Å². The highest BCUT2D eigenvalue weighted by Crippen LogP contribution is 2.27. The highest BCUT2D eigenvalue weighted by molar-refractivity contribution is 7.15. The van der Waals surface area contributed by atoms with E-state index in [1.54, 1.807) is 0 Å². The number of rotatable bonds is 5. The summed E-state index contributed by atoms with van der Waals surface area (Å²) in [5.41, 5.74) is 1.31. The molecule has 0 aliphatic carbocycles. The number of hydrogen-bond acceptors (Lipinski definition) is 4. The van der Waals surface area contributed by atoms with Gasteiger partial charge in [0.05, 0.1) is 5.69 Å². The smallest absolute Gasteiger partial charge is 0.186 e. The Hall–Kier alpha value is -0.610. The average Bonchev–Trinajstić information content (AvgIpc) is 2.56. The Morgan fingerprint density at radius 3 is 2.39 bits per heavy atom. The van der Waals surface area contributed by atoms with E-state index < -0.39 is 0 Å². The average molecular weight is 269 g/mol. The van der Waals surface area contributed by atoms with E-state index in [1.807, 2.05) is 11.3 Å². The van der Waals surface area contributed by atoms with Crippen LogP contribution in [-0.4, -0.2) is 23.1 Å². The summed E-state index contributed by atoms with van der Waals surface area (Å²) < 4.78 is 0. The first-order valence-corrected chi connectivity index (χ1v) is 7.54. The fraction of sp³-hybridized carbons (Fsp3) is 0.786. The SMILES string of the molecule is CCN(c1nc(C)c(CNC(C)(C)C)s1)C(C)C. The van der Waals surface area contributed by atoms with Crippen molar-refractivity contribution in [2.75, 3.05) is 11.4 Å². The number of aromatic nitrogens is 1. The molecule has 104 valence electrons. The van der Waals surface area contributed by atoms with Gasteiger partial charge in [-0.2, -0.15) is 0 Å². The number of nitrogens with one attached hydrogen (secondary N) is 1. The zero-order valence-electron chi connectivity index (χ0n) is 12.8. The number of hydrogen-bond donors (Lipinski definition) is 1. The maximum atomic E-state index is 4.71. The molecule has 1 aromatic heterocycles. The van der Waals surface area contributed by atoms with Gasteiger partial charge >= 0.3 is 0 Å². The second-order valence-electron chi connectivity index (χ2n) is 5.99. The van der Waals surface area contributed by atoms with Gasteiger partial charge in [-0.15, -0.1) is 11.3 Å². The molecule has 0 atom stereocenters. The van der Waals surface area contributed by atoms with Crippen molar-refractivity contribution in [3.8, 4) is 0 Å². The lowest BCUT2D eigenvalue weighted by Crippen LogP contribution is -2.34. The van der Waals surface area contributed by atoms with Gasteiger partial charge in [0.2, 0.25) is 0 Å². The highest BCUT2D eigenvalue weighted by atomic mass is 32.1. The number of thiazole rings is 1. The molecule has 0 amide bonds. The van der Waals surface area contributed by atoms with Crippen molar-refractivity contribution in [3.63, 3.8) is 0 Å². The molecule has 0 aliphatic heterocycles. The third-order valence-electron chi connectivity index (χ3n) is 2.87. The molecule has 3 nitrogen and oxygen atoms in total. The van der Waals surface area contributed by atoms with Gasteiger partial charge in [0.15, 0.2) is 5.13 Å². The lowest BCUT2D eigenvalue weighted by atomic mass is 10.1. The minimum absolute atomic E-state index is 0.152. The number of anilines is 1. The summed E-state index contributed by atoms with van der Waals surface area (Å²) in [6, 6.07) is 0.504. The molecule has 18 heavy (non-hydrogen) atoms. The third kappa shape index (κ3) is 4.25. The second-order valence-corrected chi connectivity index (χ2v) is 7.05. The van der Waals surface area contributed by atoms with Gasteiger partial charge in [0.1, 0.15) is 0 Å². The van der Waals surface area contributed by atoms with Crippen LogP contribution in [0.5, 0.6) is 0 Å². The number of nitrogens with zero attached hydrogens (tertiary/aromatic N) is 2. The second kappa shape index (κ2) is 6.02. The molecular weight excluding hydrogens is 242 g/mol. The molecule has 0 spiro atoms. The largest absolute Gasteiger partial charge is 0.346 e. The molecule has 0 fully saturated rings. The van der Waals surface area contributed by atoms with Crippen molar-refractivity contribution in [2.24, 2.45) is 0 Å². The fourth-order valence-electron chi connectivity index (χ4n) is 1.77. The first-order valence-electron chi connectivity index (χ1n) is 6.72. The summed E-state index contributed by atoms with van der Waals surface area (Å²) in [5.74, 6) is 0. The highest BCUT2D eigenvalue weighted by Gasteiger charge is 2.16. The maximum Gasteiger partial charge on any atom is 0.186 e. The molecule has 0 bridgehead atoms. The molecule has 1 N–H and O–H groups in total. The molecule has 0 saturated carbocycles.